The molecule has 1 N–H and O–H groups in total. The second-order valence-corrected chi connectivity index (χ2v) is 6.40. The van der Waals surface area contributed by atoms with E-state index in [-0.39, 0.29) is 17.7 Å². The van der Waals surface area contributed by atoms with E-state index >= 15 is 0 Å². The molecule has 0 aromatic heterocycles. The van der Waals surface area contributed by atoms with Crippen LogP contribution >= 0.6 is 0 Å². The average Bonchev–Trinajstić information content (AvgIpc) is 2.48. The van der Waals surface area contributed by atoms with Gasteiger partial charge in [-0.3, -0.25) is 9.69 Å². The van der Waals surface area contributed by atoms with Gasteiger partial charge in [0.15, 0.2) is 0 Å². The number of rotatable bonds is 1. The van der Waals surface area contributed by atoms with Crippen molar-refractivity contribution < 1.29 is 9.90 Å². The third-order valence-electron chi connectivity index (χ3n) is 4.98. The molecule has 4 heteroatoms. The summed E-state index contributed by atoms with van der Waals surface area (Å²) in [5, 5.41) is 9.82. The number of hydrogen-bond donors (Lipinski definition) is 1. The standard InChI is InChI=1S/C17H24N2O2/c1-12-10-18-9-4-3-6-14(18)11-19(12)17(21)15-7-5-8-16(20)13(15)2/h5,7-8,12,14,20H,3-4,6,9-11H2,1-2H3. The van der Waals surface area contributed by atoms with E-state index in [4.69, 9.17) is 0 Å². The van der Waals surface area contributed by atoms with Crippen LogP contribution in [0.2, 0.25) is 0 Å². The summed E-state index contributed by atoms with van der Waals surface area (Å²) in [7, 11) is 0. The van der Waals surface area contributed by atoms with Gasteiger partial charge < -0.3 is 10.0 Å². The van der Waals surface area contributed by atoms with Crippen molar-refractivity contribution in [3.05, 3.63) is 29.3 Å². The predicted molar refractivity (Wildman–Crippen MR) is 82.6 cm³/mol. The monoisotopic (exact) mass is 288 g/mol. The third kappa shape index (κ3) is 2.64. The molecule has 1 aromatic carbocycles. The number of benzene rings is 1. The molecule has 3 rings (SSSR count). The Labute approximate surface area is 126 Å². The van der Waals surface area contributed by atoms with E-state index in [0.717, 1.165) is 13.1 Å². The number of nitrogens with zero attached hydrogens (tertiary/aromatic N) is 2. The van der Waals surface area contributed by atoms with Gasteiger partial charge in [-0.25, -0.2) is 0 Å². The van der Waals surface area contributed by atoms with Gasteiger partial charge >= 0.3 is 0 Å². The highest BCUT2D eigenvalue weighted by Crippen LogP contribution is 2.27. The molecule has 0 aliphatic carbocycles. The van der Waals surface area contributed by atoms with Crippen molar-refractivity contribution in [1.29, 1.82) is 0 Å². The van der Waals surface area contributed by atoms with E-state index in [1.54, 1.807) is 12.1 Å². The van der Waals surface area contributed by atoms with Crippen LogP contribution in [0, 0.1) is 6.92 Å². The first-order valence-electron chi connectivity index (χ1n) is 7.91. The Morgan fingerprint density at radius 3 is 2.90 bits per heavy atom. The molecule has 1 aromatic rings. The van der Waals surface area contributed by atoms with Gasteiger partial charge in [-0.15, -0.1) is 0 Å². The maximum atomic E-state index is 12.9. The van der Waals surface area contributed by atoms with Gasteiger partial charge in [0.1, 0.15) is 5.75 Å². The summed E-state index contributed by atoms with van der Waals surface area (Å²) in [6.45, 7) is 6.89. The lowest BCUT2D eigenvalue weighted by molar-refractivity contribution is 0.0151. The van der Waals surface area contributed by atoms with Gasteiger partial charge in [0.2, 0.25) is 0 Å². The fourth-order valence-electron chi connectivity index (χ4n) is 3.64. The summed E-state index contributed by atoms with van der Waals surface area (Å²) >= 11 is 0. The van der Waals surface area contributed by atoms with Gasteiger partial charge in [-0.1, -0.05) is 12.5 Å². The van der Waals surface area contributed by atoms with Crippen LogP contribution in [-0.2, 0) is 0 Å². The zero-order chi connectivity index (χ0) is 15.0. The van der Waals surface area contributed by atoms with Crippen LogP contribution in [-0.4, -0.2) is 52.5 Å². The second kappa shape index (κ2) is 5.68. The number of piperazine rings is 1. The van der Waals surface area contributed by atoms with E-state index < -0.39 is 0 Å². The minimum atomic E-state index is 0.0566. The number of phenols is 1. The van der Waals surface area contributed by atoms with Crippen LogP contribution in [0.1, 0.15) is 42.1 Å². The molecule has 2 atom stereocenters. The van der Waals surface area contributed by atoms with Crippen LogP contribution in [0.4, 0.5) is 0 Å². The molecule has 2 saturated heterocycles. The van der Waals surface area contributed by atoms with Crippen molar-refractivity contribution in [3.8, 4) is 5.75 Å². The Kier molecular flexibility index (Phi) is 3.89. The van der Waals surface area contributed by atoms with Crippen LogP contribution < -0.4 is 0 Å². The van der Waals surface area contributed by atoms with Crippen molar-refractivity contribution in [2.24, 2.45) is 0 Å². The first kappa shape index (κ1) is 14.4. The number of carbonyl (C=O) groups excluding carboxylic acids is 1. The SMILES string of the molecule is Cc1c(O)cccc1C(=O)N1CC2CCCCN2CC1C. The molecule has 2 aliphatic heterocycles. The van der Waals surface area contributed by atoms with Crippen molar-refractivity contribution in [1.82, 2.24) is 9.80 Å². The van der Waals surface area contributed by atoms with Crippen LogP contribution in [0.25, 0.3) is 0 Å². The number of carbonyl (C=O) groups is 1. The zero-order valence-corrected chi connectivity index (χ0v) is 12.9. The van der Waals surface area contributed by atoms with Crippen molar-refractivity contribution >= 4 is 5.91 Å². The third-order valence-corrected chi connectivity index (χ3v) is 4.98. The quantitative estimate of drug-likeness (QED) is 0.863. The summed E-state index contributed by atoms with van der Waals surface area (Å²) in [5.74, 6) is 0.255. The Morgan fingerprint density at radius 2 is 2.10 bits per heavy atom. The molecular formula is C17H24N2O2. The molecule has 0 radical (unpaired) electrons. The molecule has 2 heterocycles. The van der Waals surface area contributed by atoms with Gasteiger partial charge in [-0.2, -0.15) is 0 Å². The Balaban J connectivity index is 1.82. The number of phenolic OH excluding ortho intramolecular Hbond substituents is 1. The molecule has 0 bridgehead atoms. The number of hydrogen-bond acceptors (Lipinski definition) is 3. The van der Waals surface area contributed by atoms with Crippen molar-refractivity contribution in [2.75, 3.05) is 19.6 Å². The van der Waals surface area contributed by atoms with Gasteiger partial charge in [0.05, 0.1) is 0 Å². The number of fused-ring (bicyclic) bond motifs is 1. The largest absolute Gasteiger partial charge is 0.508 e. The first-order valence-corrected chi connectivity index (χ1v) is 7.91. The molecule has 21 heavy (non-hydrogen) atoms. The number of aromatic hydroxyl groups is 1. The van der Waals surface area contributed by atoms with E-state index in [1.807, 2.05) is 17.9 Å². The number of amides is 1. The first-order chi connectivity index (χ1) is 10.1. The maximum absolute atomic E-state index is 12.9. The Bertz CT molecular complexity index is 544. The Morgan fingerprint density at radius 1 is 1.29 bits per heavy atom. The Hall–Kier alpha value is -1.55. The minimum absolute atomic E-state index is 0.0566. The molecule has 1 amide bonds. The highest BCUT2D eigenvalue weighted by molar-refractivity contribution is 5.96. The lowest BCUT2D eigenvalue weighted by atomic mass is 9.96. The molecule has 2 fully saturated rings. The van der Waals surface area contributed by atoms with Crippen LogP contribution in [0.15, 0.2) is 18.2 Å². The van der Waals surface area contributed by atoms with E-state index in [1.165, 1.54) is 25.8 Å². The average molecular weight is 288 g/mol. The fourth-order valence-corrected chi connectivity index (χ4v) is 3.64. The summed E-state index contributed by atoms with van der Waals surface area (Å²) < 4.78 is 0. The lowest BCUT2D eigenvalue weighted by Gasteiger charge is -2.47. The number of piperidine rings is 1. The van der Waals surface area contributed by atoms with Gasteiger partial charge in [-0.05, 0) is 45.4 Å². The summed E-state index contributed by atoms with van der Waals surface area (Å²) in [6, 6.07) is 5.94. The van der Waals surface area contributed by atoms with Gasteiger partial charge in [0.25, 0.3) is 5.91 Å². The predicted octanol–water partition coefficient (Wildman–Crippen LogP) is 2.40. The zero-order valence-electron chi connectivity index (χ0n) is 12.9. The highest BCUT2D eigenvalue weighted by atomic mass is 16.3. The smallest absolute Gasteiger partial charge is 0.254 e. The summed E-state index contributed by atoms with van der Waals surface area (Å²) in [6.07, 6.45) is 3.74. The van der Waals surface area contributed by atoms with E-state index in [9.17, 15) is 9.90 Å². The molecule has 114 valence electrons. The highest BCUT2D eigenvalue weighted by Gasteiger charge is 2.35. The molecule has 0 saturated carbocycles. The summed E-state index contributed by atoms with van der Waals surface area (Å²) in [5.41, 5.74) is 1.31. The maximum Gasteiger partial charge on any atom is 0.254 e. The molecule has 0 spiro atoms. The molecule has 2 unspecified atom stereocenters. The van der Waals surface area contributed by atoms with Gasteiger partial charge in [0, 0.05) is 36.3 Å². The van der Waals surface area contributed by atoms with E-state index in [0.29, 0.717) is 17.2 Å². The lowest BCUT2D eigenvalue weighted by Crippen LogP contribution is -2.60. The molecule has 2 aliphatic rings. The molecule has 4 nitrogen and oxygen atoms in total. The minimum Gasteiger partial charge on any atom is -0.508 e. The van der Waals surface area contributed by atoms with Crippen molar-refractivity contribution in [3.63, 3.8) is 0 Å². The van der Waals surface area contributed by atoms with Crippen LogP contribution in [0.5, 0.6) is 5.75 Å². The summed E-state index contributed by atoms with van der Waals surface area (Å²) in [4.78, 5) is 17.4. The fraction of sp³-hybridized carbons (Fsp3) is 0.588. The normalized spacial score (nSPS) is 26.5. The second-order valence-electron chi connectivity index (χ2n) is 6.40. The van der Waals surface area contributed by atoms with Crippen molar-refractivity contribution in [2.45, 2.75) is 45.2 Å². The van der Waals surface area contributed by atoms with E-state index in [2.05, 4.69) is 11.8 Å². The van der Waals surface area contributed by atoms with Crippen LogP contribution in [0.3, 0.4) is 0 Å². The topological polar surface area (TPSA) is 43.8 Å². The molecular weight excluding hydrogens is 264 g/mol.